The number of pyridine rings is 1. The molecule has 0 atom stereocenters. The van der Waals surface area contributed by atoms with Crippen molar-refractivity contribution in [2.75, 3.05) is 6.54 Å². The molecule has 1 amide bonds. The molecule has 9 nitrogen and oxygen atoms in total. The van der Waals surface area contributed by atoms with Crippen molar-refractivity contribution in [3.05, 3.63) is 107 Å². The Morgan fingerprint density at radius 1 is 0.957 bits per heavy atom. The minimum atomic E-state index is -4.29. The molecule has 3 aromatic carbocycles. The van der Waals surface area contributed by atoms with E-state index < -0.39 is 33.4 Å². The zero-order chi connectivity index (χ0) is 33.1. The molecular weight excluding hydrogens is 609 g/mol. The summed E-state index contributed by atoms with van der Waals surface area (Å²) in [6, 6.07) is 18.2. The Labute approximate surface area is 265 Å². The number of fused-ring (bicyclic) bond motifs is 2. The smallest absolute Gasteiger partial charge is 0.336 e. The number of aryl methyl sites for hydroxylation is 2. The number of aromatic nitrogens is 2. The SMILES string of the molecule is Cc1ccc(S(=O)(=O)n2c(F)c(C)c3cc(-c4cc5c(c(-c6ccccc6C(=O)O)c4)CN(C(=O)C(C)(C)O)CC5)cnc32)cc1. The topological polar surface area (TPSA) is 130 Å². The maximum atomic E-state index is 15.7. The van der Waals surface area contributed by atoms with Crippen LogP contribution in [0.4, 0.5) is 4.39 Å². The quantitative estimate of drug-likeness (QED) is 0.243. The molecule has 0 fully saturated rings. The molecule has 236 valence electrons. The Hall–Kier alpha value is -4.87. The average molecular weight is 642 g/mol. The molecule has 6 rings (SSSR count). The highest BCUT2D eigenvalue weighted by Crippen LogP contribution is 2.39. The summed E-state index contributed by atoms with van der Waals surface area (Å²) in [7, 11) is -4.29. The number of aliphatic hydroxyl groups is 1. The van der Waals surface area contributed by atoms with Gasteiger partial charge in [0.2, 0.25) is 5.95 Å². The summed E-state index contributed by atoms with van der Waals surface area (Å²) < 4.78 is 43.3. The van der Waals surface area contributed by atoms with Crippen molar-refractivity contribution in [1.82, 2.24) is 13.9 Å². The number of benzene rings is 3. The van der Waals surface area contributed by atoms with Gasteiger partial charge >= 0.3 is 5.97 Å². The summed E-state index contributed by atoms with van der Waals surface area (Å²) in [5.74, 6) is -2.48. The monoisotopic (exact) mass is 641 g/mol. The van der Waals surface area contributed by atoms with Crippen LogP contribution < -0.4 is 0 Å². The van der Waals surface area contributed by atoms with Gasteiger partial charge in [0.15, 0.2) is 5.65 Å². The first-order valence-electron chi connectivity index (χ1n) is 14.7. The third-order valence-electron chi connectivity index (χ3n) is 8.44. The van der Waals surface area contributed by atoms with Crippen molar-refractivity contribution in [2.45, 2.75) is 51.2 Å². The lowest BCUT2D eigenvalue weighted by atomic mass is 9.85. The van der Waals surface area contributed by atoms with Gasteiger partial charge in [-0.2, -0.15) is 8.36 Å². The second-order valence-corrected chi connectivity index (χ2v) is 13.9. The van der Waals surface area contributed by atoms with Crippen LogP contribution in [-0.4, -0.2) is 56.5 Å². The molecule has 5 aromatic rings. The highest BCUT2D eigenvalue weighted by molar-refractivity contribution is 7.90. The lowest BCUT2D eigenvalue weighted by Gasteiger charge is -2.34. The standard InChI is InChI=1S/C35H32FN3O6S/c1-20-9-11-25(12-10-20)46(44,45)39-31(36)21(2)28-17-24(18-37-32(28)39)23-15-22-13-14-38(34(42)35(3,4)43)19-30(22)29(16-23)26-7-5-6-8-27(26)33(40)41/h5-12,15-18,43H,13-14,19H2,1-4H3,(H,40,41). The van der Waals surface area contributed by atoms with Gasteiger partial charge in [0, 0.05) is 35.8 Å². The molecule has 11 heteroatoms. The molecule has 2 aromatic heterocycles. The average Bonchev–Trinajstić information content (AvgIpc) is 3.28. The van der Waals surface area contributed by atoms with Gasteiger partial charge in [-0.1, -0.05) is 42.0 Å². The van der Waals surface area contributed by atoms with Gasteiger partial charge in [0.1, 0.15) is 5.60 Å². The van der Waals surface area contributed by atoms with Crippen LogP contribution in [0.2, 0.25) is 0 Å². The van der Waals surface area contributed by atoms with Crippen LogP contribution in [0, 0.1) is 19.8 Å². The number of halogens is 1. The predicted molar refractivity (Wildman–Crippen MR) is 171 cm³/mol. The number of amides is 1. The summed E-state index contributed by atoms with van der Waals surface area (Å²) in [6.07, 6.45) is 1.92. The van der Waals surface area contributed by atoms with Crippen molar-refractivity contribution in [1.29, 1.82) is 0 Å². The van der Waals surface area contributed by atoms with Gasteiger partial charge in [0.05, 0.1) is 10.5 Å². The van der Waals surface area contributed by atoms with E-state index in [0.29, 0.717) is 44.6 Å². The number of carboxylic acids is 1. The summed E-state index contributed by atoms with van der Waals surface area (Å²) >= 11 is 0. The highest BCUT2D eigenvalue weighted by Gasteiger charge is 2.33. The van der Waals surface area contributed by atoms with Crippen LogP contribution >= 0.6 is 0 Å². The van der Waals surface area contributed by atoms with E-state index in [-0.39, 0.29) is 28.2 Å². The van der Waals surface area contributed by atoms with Crippen LogP contribution in [0.25, 0.3) is 33.3 Å². The van der Waals surface area contributed by atoms with Crippen molar-refractivity contribution in [3.63, 3.8) is 0 Å². The minimum absolute atomic E-state index is 0.0468. The van der Waals surface area contributed by atoms with Gasteiger partial charge < -0.3 is 15.1 Å². The molecule has 0 unspecified atom stereocenters. The normalized spacial score (nSPS) is 13.6. The van der Waals surface area contributed by atoms with Gasteiger partial charge in [-0.25, -0.2) is 18.2 Å². The van der Waals surface area contributed by atoms with Crippen molar-refractivity contribution >= 4 is 32.9 Å². The number of rotatable bonds is 6. The van der Waals surface area contributed by atoms with Gasteiger partial charge in [-0.05, 0) is 92.3 Å². The molecule has 0 spiro atoms. The number of carboxylic acid groups (broad SMARTS) is 1. The molecule has 1 aliphatic heterocycles. The van der Waals surface area contributed by atoms with E-state index in [1.807, 2.05) is 19.1 Å². The Morgan fingerprint density at radius 3 is 2.33 bits per heavy atom. The number of carbonyl (C=O) groups excluding carboxylic acids is 1. The molecule has 0 radical (unpaired) electrons. The molecule has 3 heterocycles. The van der Waals surface area contributed by atoms with Crippen LogP contribution in [0.15, 0.2) is 77.8 Å². The maximum Gasteiger partial charge on any atom is 0.336 e. The molecule has 0 saturated heterocycles. The zero-order valence-electron chi connectivity index (χ0n) is 25.7. The van der Waals surface area contributed by atoms with E-state index in [1.165, 1.54) is 45.2 Å². The van der Waals surface area contributed by atoms with Crippen LogP contribution in [0.5, 0.6) is 0 Å². The van der Waals surface area contributed by atoms with Gasteiger partial charge in [0.25, 0.3) is 15.9 Å². The first-order chi connectivity index (χ1) is 21.7. The predicted octanol–water partition coefficient (Wildman–Crippen LogP) is 5.72. The molecule has 46 heavy (non-hydrogen) atoms. The zero-order valence-corrected chi connectivity index (χ0v) is 26.5. The van der Waals surface area contributed by atoms with E-state index in [4.69, 9.17) is 0 Å². The third-order valence-corrected chi connectivity index (χ3v) is 10.1. The van der Waals surface area contributed by atoms with E-state index >= 15 is 4.39 Å². The second kappa shape index (κ2) is 11.2. The fraction of sp³-hybridized carbons (Fsp3) is 0.229. The molecular formula is C35H32FN3O6S. The number of hydrogen-bond acceptors (Lipinski definition) is 6. The Morgan fingerprint density at radius 2 is 1.65 bits per heavy atom. The van der Waals surface area contributed by atoms with E-state index in [2.05, 4.69) is 4.98 Å². The fourth-order valence-corrected chi connectivity index (χ4v) is 7.40. The maximum absolute atomic E-state index is 15.7. The van der Waals surface area contributed by atoms with E-state index in [1.54, 1.807) is 41.3 Å². The van der Waals surface area contributed by atoms with E-state index in [9.17, 15) is 28.2 Å². The number of nitrogens with zero attached hydrogens (tertiary/aromatic N) is 3. The Kier molecular flexibility index (Phi) is 7.57. The van der Waals surface area contributed by atoms with Gasteiger partial charge in [-0.3, -0.25) is 4.79 Å². The van der Waals surface area contributed by atoms with Crippen molar-refractivity contribution in [2.24, 2.45) is 0 Å². The molecule has 0 aliphatic carbocycles. The Bertz CT molecular complexity index is 2170. The lowest BCUT2D eigenvalue weighted by Crippen LogP contribution is -2.47. The number of hydrogen-bond donors (Lipinski definition) is 2. The van der Waals surface area contributed by atoms with Crippen LogP contribution in [-0.2, 0) is 27.8 Å². The minimum Gasteiger partial charge on any atom is -0.478 e. The van der Waals surface area contributed by atoms with Gasteiger partial charge in [-0.15, -0.1) is 0 Å². The Balaban J connectivity index is 1.52. The van der Waals surface area contributed by atoms with Crippen LogP contribution in [0.1, 0.15) is 46.5 Å². The molecule has 1 aliphatic rings. The molecule has 0 saturated carbocycles. The first-order valence-corrected chi connectivity index (χ1v) is 16.1. The second-order valence-electron chi connectivity index (χ2n) is 12.1. The summed E-state index contributed by atoms with van der Waals surface area (Å²) in [5, 5.41) is 20.7. The molecule has 2 N–H and O–H groups in total. The summed E-state index contributed by atoms with van der Waals surface area (Å²) in [5.41, 5.74) is 3.38. The number of aromatic carboxylic acids is 1. The van der Waals surface area contributed by atoms with E-state index in [0.717, 1.165) is 16.7 Å². The highest BCUT2D eigenvalue weighted by atomic mass is 32.2. The van der Waals surface area contributed by atoms with Crippen LogP contribution in [0.3, 0.4) is 0 Å². The summed E-state index contributed by atoms with van der Waals surface area (Å²) in [4.78, 5) is 31.2. The third kappa shape index (κ3) is 5.25. The molecule has 0 bridgehead atoms. The first kappa shape index (κ1) is 31.1. The summed E-state index contributed by atoms with van der Waals surface area (Å²) in [6.45, 7) is 6.71. The fourth-order valence-electron chi connectivity index (χ4n) is 5.98. The number of carbonyl (C=O) groups is 2. The van der Waals surface area contributed by atoms with Crippen molar-refractivity contribution in [3.8, 4) is 22.3 Å². The van der Waals surface area contributed by atoms with Crippen molar-refractivity contribution < 1.29 is 32.6 Å². The largest absolute Gasteiger partial charge is 0.478 e. The lowest BCUT2D eigenvalue weighted by molar-refractivity contribution is -0.148.